The molecule has 0 saturated carbocycles. The lowest BCUT2D eigenvalue weighted by molar-refractivity contribution is 0.705. The molecule has 0 aliphatic carbocycles. The SMILES string of the molecule is CCCCCN(C)c1c(C#N)cnc2ccccc12. The van der Waals surface area contributed by atoms with Crippen molar-refractivity contribution in [3.05, 3.63) is 36.0 Å². The number of hydrogen-bond donors (Lipinski definition) is 0. The van der Waals surface area contributed by atoms with Crippen LogP contribution in [-0.2, 0) is 0 Å². The first-order valence-corrected chi connectivity index (χ1v) is 6.77. The van der Waals surface area contributed by atoms with Gasteiger partial charge in [-0.1, -0.05) is 38.0 Å². The minimum atomic E-state index is 0.651. The van der Waals surface area contributed by atoms with Gasteiger partial charge in [0.1, 0.15) is 6.07 Å². The number of hydrogen-bond acceptors (Lipinski definition) is 3. The number of benzene rings is 1. The van der Waals surface area contributed by atoms with Crippen LogP contribution in [0.5, 0.6) is 0 Å². The van der Waals surface area contributed by atoms with Crippen molar-refractivity contribution in [3.8, 4) is 6.07 Å². The van der Waals surface area contributed by atoms with Gasteiger partial charge < -0.3 is 4.90 Å². The molecule has 0 saturated heterocycles. The number of para-hydroxylation sites is 1. The molecule has 1 aromatic carbocycles. The topological polar surface area (TPSA) is 39.9 Å². The number of unbranched alkanes of at least 4 members (excludes halogenated alkanes) is 2. The molecule has 0 unspecified atom stereocenters. The molecule has 0 bridgehead atoms. The fourth-order valence-corrected chi connectivity index (χ4v) is 2.33. The van der Waals surface area contributed by atoms with Gasteiger partial charge in [-0.2, -0.15) is 5.26 Å². The zero-order valence-electron chi connectivity index (χ0n) is 11.6. The molecule has 0 fully saturated rings. The third-order valence-electron chi connectivity index (χ3n) is 3.35. The number of rotatable bonds is 5. The Kier molecular flexibility index (Phi) is 4.35. The standard InChI is InChI=1S/C16H19N3/c1-3-4-7-10-19(2)16-13(11-17)12-18-15-9-6-5-8-14(15)16/h5-6,8-9,12H,3-4,7,10H2,1-2H3. The van der Waals surface area contributed by atoms with Crippen molar-refractivity contribution in [1.82, 2.24) is 4.98 Å². The Hall–Kier alpha value is -2.08. The average Bonchev–Trinajstić information content (AvgIpc) is 2.46. The molecule has 3 heteroatoms. The molecule has 98 valence electrons. The Balaban J connectivity index is 2.41. The summed E-state index contributed by atoms with van der Waals surface area (Å²) in [6.07, 6.45) is 5.24. The lowest BCUT2D eigenvalue weighted by Crippen LogP contribution is -2.20. The summed E-state index contributed by atoms with van der Waals surface area (Å²) >= 11 is 0. The highest BCUT2D eigenvalue weighted by molar-refractivity contribution is 5.94. The van der Waals surface area contributed by atoms with E-state index in [9.17, 15) is 5.26 Å². The zero-order chi connectivity index (χ0) is 13.7. The minimum absolute atomic E-state index is 0.651. The second kappa shape index (κ2) is 6.19. The van der Waals surface area contributed by atoms with Crippen molar-refractivity contribution >= 4 is 16.6 Å². The van der Waals surface area contributed by atoms with Gasteiger partial charge in [0.15, 0.2) is 0 Å². The molecule has 1 aromatic heterocycles. The van der Waals surface area contributed by atoms with Gasteiger partial charge in [0, 0.05) is 25.2 Å². The van der Waals surface area contributed by atoms with Crippen molar-refractivity contribution in [2.75, 3.05) is 18.5 Å². The van der Waals surface area contributed by atoms with Gasteiger partial charge in [0.25, 0.3) is 0 Å². The van der Waals surface area contributed by atoms with Crippen LogP contribution < -0.4 is 4.90 Å². The Labute approximate surface area is 114 Å². The second-order valence-electron chi connectivity index (χ2n) is 4.78. The number of aromatic nitrogens is 1. The molecule has 0 spiro atoms. The molecule has 3 nitrogen and oxygen atoms in total. The molecule has 19 heavy (non-hydrogen) atoms. The van der Waals surface area contributed by atoms with Crippen molar-refractivity contribution in [2.24, 2.45) is 0 Å². The zero-order valence-corrected chi connectivity index (χ0v) is 11.6. The number of pyridine rings is 1. The van der Waals surface area contributed by atoms with Gasteiger partial charge in [0.2, 0.25) is 0 Å². The normalized spacial score (nSPS) is 10.4. The summed E-state index contributed by atoms with van der Waals surface area (Å²) in [5.74, 6) is 0. The van der Waals surface area contributed by atoms with Crippen LogP contribution in [0.3, 0.4) is 0 Å². The summed E-state index contributed by atoms with van der Waals surface area (Å²) in [5, 5.41) is 10.3. The van der Waals surface area contributed by atoms with E-state index in [-0.39, 0.29) is 0 Å². The van der Waals surface area contributed by atoms with E-state index in [1.807, 2.05) is 24.3 Å². The number of nitrogens with zero attached hydrogens (tertiary/aromatic N) is 3. The number of nitriles is 1. The first-order valence-electron chi connectivity index (χ1n) is 6.77. The molecule has 0 amide bonds. The summed E-state index contributed by atoms with van der Waals surface area (Å²) < 4.78 is 0. The molecular formula is C16H19N3. The van der Waals surface area contributed by atoms with Gasteiger partial charge >= 0.3 is 0 Å². The molecule has 2 aromatic rings. The summed E-state index contributed by atoms with van der Waals surface area (Å²) in [6, 6.07) is 10.2. The summed E-state index contributed by atoms with van der Waals surface area (Å²) in [4.78, 5) is 6.52. The predicted molar refractivity (Wildman–Crippen MR) is 79.3 cm³/mol. The molecule has 0 radical (unpaired) electrons. The summed E-state index contributed by atoms with van der Waals surface area (Å²) in [6.45, 7) is 3.17. The van der Waals surface area contributed by atoms with Crippen molar-refractivity contribution < 1.29 is 0 Å². The Morgan fingerprint density at radius 1 is 1.26 bits per heavy atom. The van der Waals surface area contributed by atoms with E-state index < -0.39 is 0 Å². The highest BCUT2D eigenvalue weighted by Crippen LogP contribution is 2.28. The predicted octanol–water partition coefficient (Wildman–Crippen LogP) is 3.73. The van der Waals surface area contributed by atoms with Crippen LogP contribution in [0.25, 0.3) is 10.9 Å². The van der Waals surface area contributed by atoms with Gasteiger partial charge in [-0.05, 0) is 12.5 Å². The summed E-state index contributed by atoms with van der Waals surface area (Å²) in [7, 11) is 2.05. The van der Waals surface area contributed by atoms with E-state index in [1.54, 1.807) is 6.20 Å². The maximum absolute atomic E-state index is 9.28. The van der Waals surface area contributed by atoms with Crippen molar-refractivity contribution in [3.63, 3.8) is 0 Å². The Bertz CT molecular complexity index is 598. The van der Waals surface area contributed by atoms with Gasteiger partial charge in [-0.25, -0.2) is 0 Å². The monoisotopic (exact) mass is 253 g/mol. The van der Waals surface area contributed by atoms with Crippen molar-refractivity contribution in [2.45, 2.75) is 26.2 Å². The minimum Gasteiger partial charge on any atom is -0.373 e. The number of fused-ring (bicyclic) bond motifs is 1. The molecule has 2 rings (SSSR count). The lowest BCUT2D eigenvalue weighted by atomic mass is 10.1. The lowest BCUT2D eigenvalue weighted by Gasteiger charge is -2.22. The van der Waals surface area contributed by atoms with E-state index in [1.165, 1.54) is 12.8 Å². The van der Waals surface area contributed by atoms with Crippen LogP contribution in [0.15, 0.2) is 30.5 Å². The average molecular weight is 253 g/mol. The smallest absolute Gasteiger partial charge is 0.103 e. The summed E-state index contributed by atoms with van der Waals surface area (Å²) in [5.41, 5.74) is 2.60. The molecule has 0 atom stereocenters. The molecule has 0 N–H and O–H groups in total. The van der Waals surface area contributed by atoms with Crippen LogP contribution in [0.4, 0.5) is 5.69 Å². The van der Waals surface area contributed by atoms with Gasteiger partial charge in [-0.3, -0.25) is 4.98 Å². The van der Waals surface area contributed by atoms with Crippen LogP contribution in [-0.4, -0.2) is 18.6 Å². The van der Waals surface area contributed by atoms with E-state index >= 15 is 0 Å². The largest absolute Gasteiger partial charge is 0.373 e. The fourth-order valence-electron chi connectivity index (χ4n) is 2.33. The Morgan fingerprint density at radius 2 is 2.05 bits per heavy atom. The van der Waals surface area contributed by atoms with Gasteiger partial charge in [0.05, 0.1) is 16.8 Å². The van der Waals surface area contributed by atoms with E-state index in [2.05, 4.69) is 29.9 Å². The number of anilines is 1. The first-order chi connectivity index (χ1) is 9.27. The van der Waals surface area contributed by atoms with E-state index in [0.29, 0.717) is 5.56 Å². The highest BCUT2D eigenvalue weighted by atomic mass is 15.1. The quantitative estimate of drug-likeness (QED) is 0.762. The highest BCUT2D eigenvalue weighted by Gasteiger charge is 2.12. The Morgan fingerprint density at radius 3 is 2.79 bits per heavy atom. The van der Waals surface area contributed by atoms with Gasteiger partial charge in [-0.15, -0.1) is 0 Å². The molecule has 1 heterocycles. The fraction of sp³-hybridized carbons (Fsp3) is 0.375. The third kappa shape index (κ3) is 2.85. The maximum atomic E-state index is 9.28. The van der Waals surface area contributed by atoms with Crippen molar-refractivity contribution in [1.29, 1.82) is 5.26 Å². The molecular weight excluding hydrogens is 234 g/mol. The van der Waals surface area contributed by atoms with Crippen LogP contribution in [0.2, 0.25) is 0 Å². The maximum Gasteiger partial charge on any atom is 0.103 e. The second-order valence-corrected chi connectivity index (χ2v) is 4.78. The third-order valence-corrected chi connectivity index (χ3v) is 3.35. The van der Waals surface area contributed by atoms with E-state index in [4.69, 9.17) is 0 Å². The van der Waals surface area contributed by atoms with E-state index in [0.717, 1.165) is 29.6 Å². The molecule has 0 aliphatic heterocycles. The first kappa shape index (κ1) is 13.4. The van der Waals surface area contributed by atoms with Crippen LogP contribution >= 0.6 is 0 Å². The van der Waals surface area contributed by atoms with Crippen LogP contribution in [0, 0.1) is 11.3 Å². The molecule has 0 aliphatic rings. The van der Waals surface area contributed by atoms with Crippen LogP contribution in [0.1, 0.15) is 31.7 Å².